The summed E-state index contributed by atoms with van der Waals surface area (Å²) in [4.78, 5) is 18.4. The zero-order valence-corrected chi connectivity index (χ0v) is 20.3. The maximum Gasteiger partial charge on any atom is 0.221 e. The Morgan fingerprint density at radius 3 is 2.87 bits per heavy atom. The Morgan fingerprint density at radius 2 is 2.13 bits per heavy atom. The van der Waals surface area contributed by atoms with Crippen molar-refractivity contribution in [1.82, 2.24) is 15.5 Å². The van der Waals surface area contributed by atoms with Crippen molar-refractivity contribution >= 4 is 46.8 Å². The van der Waals surface area contributed by atoms with Gasteiger partial charge in [-0.3, -0.25) is 4.79 Å². The first kappa shape index (κ1) is 24.5. The van der Waals surface area contributed by atoms with Crippen LogP contribution in [-0.4, -0.2) is 49.5 Å². The topological polar surface area (TPSA) is 95.9 Å². The normalized spacial score (nSPS) is 17.5. The molecule has 8 heteroatoms. The van der Waals surface area contributed by atoms with Crippen molar-refractivity contribution in [3.8, 4) is 0 Å². The summed E-state index contributed by atoms with van der Waals surface area (Å²) < 4.78 is 5.95. The van der Waals surface area contributed by atoms with Gasteiger partial charge >= 0.3 is 0 Å². The van der Waals surface area contributed by atoms with Gasteiger partial charge in [-0.15, -0.1) is 24.0 Å². The van der Waals surface area contributed by atoms with Gasteiger partial charge in [-0.25, -0.2) is 4.99 Å². The van der Waals surface area contributed by atoms with E-state index in [2.05, 4.69) is 40.4 Å². The highest BCUT2D eigenvalue weighted by atomic mass is 127. The van der Waals surface area contributed by atoms with E-state index in [4.69, 9.17) is 10.2 Å². The number of carbonyl (C=O) groups is 1. The van der Waals surface area contributed by atoms with Gasteiger partial charge in [0, 0.05) is 30.6 Å². The third-order valence-electron chi connectivity index (χ3n) is 5.52. The Morgan fingerprint density at radius 1 is 1.33 bits per heavy atom. The van der Waals surface area contributed by atoms with Crippen LogP contribution < -0.4 is 16.4 Å². The Hall–Kier alpha value is -1.81. The molecule has 1 fully saturated rings. The summed E-state index contributed by atoms with van der Waals surface area (Å²) in [5, 5.41) is 7.83. The van der Waals surface area contributed by atoms with Crippen LogP contribution in [0.2, 0.25) is 0 Å². The fourth-order valence-corrected chi connectivity index (χ4v) is 3.87. The second-order valence-corrected chi connectivity index (χ2v) is 7.66. The number of likely N-dealkylation sites (tertiary alicyclic amines) is 1. The smallest absolute Gasteiger partial charge is 0.221 e. The number of fused-ring (bicyclic) bond motifs is 1. The van der Waals surface area contributed by atoms with Gasteiger partial charge in [0.15, 0.2) is 5.96 Å². The first-order valence-electron chi connectivity index (χ1n) is 10.6. The molecule has 1 amide bonds. The SMILES string of the molecule is CCNC(=NCc1oc2ccccc2c1C)NCCCN1CCCC(C(N)=O)C1.I. The van der Waals surface area contributed by atoms with E-state index in [0.29, 0.717) is 6.54 Å². The van der Waals surface area contributed by atoms with Crippen molar-refractivity contribution in [3.05, 3.63) is 35.6 Å². The number of hydrogen-bond acceptors (Lipinski definition) is 4. The predicted molar refractivity (Wildman–Crippen MR) is 132 cm³/mol. The first-order valence-corrected chi connectivity index (χ1v) is 10.6. The maximum absolute atomic E-state index is 11.4. The van der Waals surface area contributed by atoms with E-state index in [9.17, 15) is 4.79 Å². The number of primary amides is 1. The van der Waals surface area contributed by atoms with Crippen molar-refractivity contribution in [3.63, 3.8) is 0 Å². The molecule has 1 atom stereocenters. The van der Waals surface area contributed by atoms with Crippen molar-refractivity contribution in [2.75, 3.05) is 32.7 Å². The number of hydrogen-bond donors (Lipinski definition) is 3. The average Bonchev–Trinajstić information content (AvgIpc) is 3.05. The zero-order valence-electron chi connectivity index (χ0n) is 17.9. The minimum atomic E-state index is -0.171. The Balaban J connectivity index is 0.00000320. The average molecular weight is 527 g/mol. The fraction of sp³-hybridized carbons (Fsp3) is 0.545. The van der Waals surface area contributed by atoms with Gasteiger partial charge in [0.1, 0.15) is 17.9 Å². The summed E-state index contributed by atoms with van der Waals surface area (Å²) >= 11 is 0. The molecule has 0 spiro atoms. The van der Waals surface area contributed by atoms with Crippen molar-refractivity contribution in [1.29, 1.82) is 0 Å². The van der Waals surface area contributed by atoms with Crippen LogP contribution in [-0.2, 0) is 11.3 Å². The van der Waals surface area contributed by atoms with Gasteiger partial charge < -0.3 is 25.7 Å². The number of aryl methyl sites for hydroxylation is 1. The number of piperidine rings is 1. The number of furan rings is 1. The molecule has 2 heterocycles. The van der Waals surface area contributed by atoms with E-state index in [1.165, 1.54) is 0 Å². The molecule has 3 rings (SSSR count). The number of aliphatic imine (C=N–C) groups is 1. The number of guanidine groups is 1. The third-order valence-corrected chi connectivity index (χ3v) is 5.52. The molecule has 1 saturated heterocycles. The molecule has 1 unspecified atom stereocenters. The summed E-state index contributed by atoms with van der Waals surface area (Å²) in [5.74, 6) is 1.52. The molecule has 0 aliphatic carbocycles. The molecule has 0 radical (unpaired) electrons. The lowest BCUT2D eigenvalue weighted by molar-refractivity contribution is -0.123. The molecule has 1 aliphatic rings. The maximum atomic E-state index is 11.4. The van der Waals surface area contributed by atoms with E-state index >= 15 is 0 Å². The Bertz CT molecular complexity index is 851. The number of para-hydroxylation sites is 1. The highest BCUT2D eigenvalue weighted by molar-refractivity contribution is 14.0. The van der Waals surface area contributed by atoms with Gasteiger partial charge in [-0.05, 0) is 52.3 Å². The molecule has 1 aromatic heterocycles. The molecule has 2 aromatic rings. The van der Waals surface area contributed by atoms with Crippen molar-refractivity contribution in [2.24, 2.45) is 16.6 Å². The monoisotopic (exact) mass is 527 g/mol. The van der Waals surface area contributed by atoms with Crippen molar-refractivity contribution in [2.45, 2.75) is 39.7 Å². The highest BCUT2D eigenvalue weighted by Crippen LogP contribution is 2.25. The van der Waals surface area contributed by atoms with Gasteiger partial charge in [0.25, 0.3) is 0 Å². The molecule has 166 valence electrons. The van der Waals surface area contributed by atoms with Crippen LogP contribution in [0.3, 0.4) is 0 Å². The number of nitrogens with two attached hydrogens (primary N) is 1. The second-order valence-electron chi connectivity index (χ2n) is 7.66. The molecule has 4 N–H and O–H groups in total. The number of carbonyl (C=O) groups excluding carboxylic acids is 1. The van der Waals surface area contributed by atoms with E-state index in [0.717, 1.165) is 80.2 Å². The molecule has 7 nitrogen and oxygen atoms in total. The second kappa shape index (κ2) is 12.1. The lowest BCUT2D eigenvalue weighted by Gasteiger charge is -2.31. The minimum Gasteiger partial charge on any atom is -0.459 e. The lowest BCUT2D eigenvalue weighted by Crippen LogP contribution is -2.43. The lowest BCUT2D eigenvalue weighted by atomic mass is 9.97. The van der Waals surface area contributed by atoms with Gasteiger partial charge in [0.05, 0.1) is 5.92 Å². The van der Waals surface area contributed by atoms with Crippen LogP contribution in [0.4, 0.5) is 0 Å². The Kier molecular flexibility index (Phi) is 9.90. The van der Waals surface area contributed by atoms with Crippen LogP contribution in [0, 0.1) is 12.8 Å². The number of benzene rings is 1. The largest absolute Gasteiger partial charge is 0.459 e. The van der Waals surface area contributed by atoms with Gasteiger partial charge in [-0.2, -0.15) is 0 Å². The number of nitrogens with zero attached hydrogens (tertiary/aromatic N) is 2. The highest BCUT2D eigenvalue weighted by Gasteiger charge is 2.23. The van der Waals surface area contributed by atoms with Gasteiger partial charge in [0.2, 0.25) is 5.91 Å². The third kappa shape index (κ3) is 6.60. The van der Waals surface area contributed by atoms with E-state index < -0.39 is 0 Å². The number of halogens is 1. The standard InChI is InChI=1S/C22H33N5O2.HI/c1-3-24-22(25-11-7-13-27-12-6-8-17(15-27)21(23)28)26-14-20-16(2)18-9-4-5-10-19(18)29-20;/h4-5,9-10,17H,3,6-8,11-15H2,1-2H3,(H2,23,28)(H2,24,25,26);1H. The number of amides is 1. The quantitative estimate of drug-likeness (QED) is 0.212. The Labute approximate surface area is 195 Å². The molecule has 30 heavy (non-hydrogen) atoms. The summed E-state index contributed by atoms with van der Waals surface area (Å²) in [6, 6.07) is 8.08. The van der Waals surface area contributed by atoms with Gasteiger partial charge in [-0.1, -0.05) is 18.2 Å². The fourth-order valence-electron chi connectivity index (χ4n) is 3.87. The van der Waals surface area contributed by atoms with Crippen molar-refractivity contribution < 1.29 is 9.21 Å². The molecule has 0 saturated carbocycles. The summed E-state index contributed by atoms with van der Waals surface area (Å²) in [5.41, 5.74) is 7.52. The van der Waals surface area contributed by atoms with Crippen LogP contribution in [0.25, 0.3) is 11.0 Å². The number of nitrogens with one attached hydrogen (secondary N) is 2. The van der Waals surface area contributed by atoms with E-state index in [-0.39, 0.29) is 35.8 Å². The van der Waals surface area contributed by atoms with E-state index in [1.807, 2.05) is 18.2 Å². The molecule has 1 aromatic carbocycles. The zero-order chi connectivity index (χ0) is 20.6. The molecule has 0 bridgehead atoms. The van der Waals surface area contributed by atoms with Crippen LogP contribution >= 0.6 is 24.0 Å². The summed E-state index contributed by atoms with van der Waals surface area (Å²) in [6.07, 6.45) is 2.95. The number of rotatable bonds is 8. The summed E-state index contributed by atoms with van der Waals surface area (Å²) in [6.45, 7) is 9.05. The molecule has 1 aliphatic heterocycles. The molecular formula is C22H34IN5O2. The van der Waals surface area contributed by atoms with Crippen LogP contribution in [0.5, 0.6) is 0 Å². The summed E-state index contributed by atoms with van der Waals surface area (Å²) in [7, 11) is 0. The first-order chi connectivity index (χ1) is 14.1. The van der Waals surface area contributed by atoms with Crippen LogP contribution in [0.1, 0.15) is 37.5 Å². The van der Waals surface area contributed by atoms with Crippen LogP contribution in [0.15, 0.2) is 33.7 Å². The molecular weight excluding hydrogens is 493 g/mol. The van der Waals surface area contributed by atoms with E-state index in [1.54, 1.807) is 0 Å². The minimum absolute atomic E-state index is 0. The predicted octanol–water partition coefficient (Wildman–Crippen LogP) is 3.00.